The molecule has 1 aliphatic rings. The summed E-state index contributed by atoms with van der Waals surface area (Å²) in [5, 5.41) is 13.0. The van der Waals surface area contributed by atoms with Crippen LogP contribution in [0.15, 0.2) is 12.1 Å². The number of carboxylic acids is 1. The van der Waals surface area contributed by atoms with Crippen LogP contribution in [0.3, 0.4) is 0 Å². The van der Waals surface area contributed by atoms with Crippen LogP contribution in [0.2, 0.25) is 5.02 Å². The lowest BCUT2D eigenvalue weighted by Crippen LogP contribution is -2.22. The molecule has 1 aromatic rings. The number of anilines is 2. The number of nitrogens with one attached hydrogen (secondary N) is 1. The first kappa shape index (κ1) is 15.0. The highest BCUT2D eigenvalue weighted by molar-refractivity contribution is 6.34. The molecule has 1 saturated carbocycles. The molecule has 0 unspecified atom stereocenters. The summed E-state index contributed by atoms with van der Waals surface area (Å²) in [6.45, 7) is 0. The fourth-order valence-corrected chi connectivity index (χ4v) is 3.03. The predicted octanol–water partition coefficient (Wildman–Crippen LogP) is 4.15. The molecule has 0 spiro atoms. The number of carbonyl (C=O) groups is 1. The summed E-state index contributed by atoms with van der Waals surface area (Å²) in [4.78, 5) is 11.3. The fraction of sp³-hybridized carbons (Fsp3) is 0.533. The van der Waals surface area contributed by atoms with Crippen molar-refractivity contribution in [2.75, 3.05) is 11.1 Å². The minimum Gasteiger partial charge on any atom is -0.478 e. The third kappa shape index (κ3) is 3.79. The van der Waals surface area contributed by atoms with E-state index in [0.29, 0.717) is 16.4 Å². The van der Waals surface area contributed by atoms with Crippen LogP contribution in [0.5, 0.6) is 0 Å². The van der Waals surface area contributed by atoms with Gasteiger partial charge in [0.25, 0.3) is 0 Å². The fourth-order valence-electron chi connectivity index (χ4n) is 2.75. The van der Waals surface area contributed by atoms with Gasteiger partial charge < -0.3 is 16.2 Å². The normalized spacial score (nSPS) is 17.2. The monoisotopic (exact) mass is 296 g/mol. The maximum atomic E-state index is 11.3. The van der Waals surface area contributed by atoms with Crippen LogP contribution in [0.25, 0.3) is 0 Å². The molecule has 20 heavy (non-hydrogen) atoms. The Bertz CT molecular complexity index is 483. The third-order valence-electron chi connectivity index (χ3n) is 3.80. The lowest BCUT2D eigenvalue weighted by molar-refractivity contribution is 0.0698. The Hall–Kier alpha value is -1.42. The molecule has 0 radical (unpaired) electrons. The summed E-state index contributed by atoms with van der Waals surface area (Å²) in [5.41, 5.74) is 6.69. The van der Waals surface area contributed by atoms with Crippen LogP contribution >= 0.6 is 11.6 Å². The van der Waals surface area contributed by atoms with Crippen molar-refractivity contribution in [1.29, 1.82) is 0 Å². The number of hydrogen-bond donors (Lipinski definition) is 3. The molecule has 0 amide bonds. The van der Waals surface area contributed by atoms with Gasteiger partial charge in [-0.15, -0.1) is 0 Å². The first-order chi connectivity index (χ1) is 9.58. The van der Waals surface area contributed by atoms with Gasteiger partial charge in [-0.05, 0) is 25.0 Å². The first-order valence-electron chi connectivity index (χ1n) is 7.17. The Balaban J connectivity index is 2.20. The molecule has 4 nitrogen and oxygen atoms in total. The van der Waals surface area contributed by atoms with Crippen molar-refractivity contribution in [3.63, 3.8) is 0 Å². The molecular weight excluding hydrogens is 276 g/mol. The second-order valence-electron chi connectivity index (χ2n) is 5.42. The van der Waals surface area contributed by atoms with Crippen LogP contribution in [0, 0.1) is 0 Å². The van der Waals surface area contributed by atoms with E-state index < -0.39 is 5.97 Å². The van der Waals surface area contributed by atoms with Crippen LogP contribution in [-0.4, -0.2) is 17.1 Å². The zero-order valence-corrected chi connectivity index (χ0v) is 12.2. The molecule has 1 fully saturated rings. The van der Waals surface area contributed by atoms with Gasteiger partial charge in [0.1, 0.15) is 0 Å². The number of benzene rings is 1. The number of hydrogen-bond acceptors (Lipinski definition) is 3. The zero-order chi connectivity index (χ0) is 14.5. The highest BCUT2D eigenvalue weighted by Gasteiger charge is 2.18. The molecule has 1 aromatic carbocycles. The number of aromatic carboxylic acids is 1. The van der Waals surface area contributed by atoms with Crippen LogP contribution in [0.1, 0.15) is 55.3 Å². The third-order valence-corrected chi connectivity index (χ3v) is 4.09. The number of carboxylic acid groups (broad SMARTS) is 1. The zero-order valence-electron chi connectivity index (χ0n) is 11.5. The standard InChI is InChI=1S/C15H21ClN2O2/c16-13-9-10(17)8-12(15(19)20)14(13)18-11-6-4-2-1-3-5-7-11/h8-9,11,18H,1-7,17H2,(H,19,20). The maximum Gasteiger partial charge on any atom is 0.337 e. The average Bonchev–Trinajstić information content (AvgIpc) is 2.34. The van der Waals surface area contributed by atoms with Gasteiger partial charge in [-0.1, -0.05) is 43.7 Å². The van der Waals surface area contributed by atoms with Crippen molar-refractivity contribution in [3.05, 3.63) is 22.7 Å². The molecule has 0 bridgehead atoms. The van der Waals surface area contributed by atoms with Gasteiger partial charge >= 0.3 is 5.97 Å². The lowest BCUT2D eigenvalue weighted by Gasteiger charge is -2.24. The topological polar surface area (TPSA) is 75.3 Å². The van der Waals surface area contributed by atoms with Crippen LogP contribution in [-0.2, 0) is 0 Å². The Labute approximate surface area is 124 Å². The molecular formula is C15H21ClN2O2. The van der Waals surface area contributed by atoms with Crippen molar-refractivity contribution in [2.45, 2.75) is 51.0 Å². The largest absolute Gasteiger partial charge is 0.478 e. The number of rotatable bonds is 3. The number of halogens is 1. The molecule has 5 heteroatoms. The number of nitrogens with two attached hydrogens (primary N) is 1. The highest BCUT2D eigenvalue weighted by Crippen LogP contribution is 2.31. The second-order valence-corrected chi connectivity index (χ2v) is 5.82. The summed E-state index contributed by atoms with van der Waals surface area (Å²) >= 11 is 6.17. The van der Waals surface area contributed by atoms with E-state index >= 15 is 0 Å². The minimum absolute atomic E-state index is 0.150. The molecule has 0 atom stereocenters. The Morgan fingerprint density at radius 3 is 2.40 bits per heavy atom. The van der Waals surface area contributed by atoms with Gasteiger partial charge in [-0.2, -0.15) is 0 Å². The van der Waals surface area contributed by atoms with E-state index in [4.69, 9.17) is 17.3 Å². The van der Waals surface area contributed by atoms with E-state index in [9.17, 15) is 9.90 Å². The van der Waals surface area contributed by atoms with E-state index in [1.807, 2.05) is 0 Å². The first-order valence-corrected chi connectivity index (χ1v) is 7.54. The van der Waals surface area contributed by atoms with Crippen molar-refractivity contribution in [1.82, 2.24) is 0 Å². The van der Waals surface area contributed by atoms with E-state index in [2.05, 4.69) is 5.32 Å². The molecule has 110 valence electrons. The number of nitrogen functional groups attached to an aromatic ring is 1. The minimum atomic E-state index is -1.01. The van der Waals surface area contributed by atoms with E-state index in [1.54, 1.807) is 6.07 Å². The summed E-state index contributed by atoms with van der Waals surface area (Å²) in [6.07, 6.45) is 8.26. The Kier molecular flexibility index (Phi) is 5.12. The van der Waals surface area contributed by atoms with E-state index in [0.717, 1.165) is 12.8 Å². The van der Waals surface area contributed by atoms with Crippen LogP contribution in [0.4, 0.5) is 11.4 Å². The quantitative estimate of drug-likeness (QED) is 0.733. The summed E-state index contributed by atoms with van der Waals surface area (Å²) in [5.74, 6) is -1.01. The van der Waals surface area contributed by atoms with Gasteiger partial charge in [0.2, 0.25) is 0 Å². The lowest BCUT2D eigenvalue weighted by atomic mass is 9.96. The second kappa shape index (κ2) is 6.84. The maximum absolute atomic E-state index is 11.3. The molecule has 4 N–H and O–H groups in total. The molecule has 1 aliphatic carbocycles. The van der Waals surface area contributed by atoms with Crippen molar-refractivity contribution in [3.8, 4) is 0 Å². The molecule has 0 saturated heterocycles. The van der Waals surface area contributed by atoms with Crippen molar-refractivity contribution >= 4 is 28.9 Å². The van der Waals surface area contributed by atoms with Gasteiger partial charge in [0.05, 0.1) is 16.3 Å². The Morgan fingerprint density at radius 1 is 1.20 bits per heavy atom. The Morgan fingerprint density at radius 2 is 1.80 bits per heavy atom. The highest BCUT2D eigenvalue weighted by atomic mass is 35.5. The average molecular weight is 297 g/mol. The van der Waals surface area contributed by atoms with Gasteiger partial charge in [-0.25, -0.2) is 4.79 Å². The SMILES string of the molecule is Nc1cc(Cl)c(NC2CCCCCCC2)c(C(=O)O)c1. The van der Waals surface area contributed by atoms with Crippen molar-refractivity contribution in [2.24, 2.45) is 0 Å². The molecule has 0 aromatic heterocycles. The van der Waals surface area contributed by atoms with Gasteiger partial charge in [0, 0.05) is 11.7 Å². The van der Waals surface area contributed by atoms with Gasteiger partial charge in [-0.3, -0.25) is 0 Å². The molecule has 2 rings (SSSR count). The van der Waals surface area contributed by atoms with Crippen molar-refractivity contribution < 1.29 is 9.90 Å². The molecule has 0 aliphatic heterocycles. The van der Waals surface area contributed by atoms with Gasteiger partial charge in [0.15, 0.2) is 0 Å². The van der Waals surface area contributed by atoms with E-state index in [1.165, 1.54) is 38.2 Å². The van der Waals surface area contributed by atoms with Crippen LogP contribution < -0.4 is 11.1 Å². The summed E-state index contributed by atoms with van der Waals surface area (Å²) in [7, 11) is 0. The molecule has 0 heterocycles. The predicted molar refractivity (Wildman–Crippen MR) is 82.6 cm³/mol. The van der Waals surface area contributed by atoms with E-state index in [-0.39, 0.29) is 11.6 Å². The summed E-state index contributed by atoms with van der Waals surface area (Å²) in [6, 6.07) is 3.34. The summed E-state index contributed by atoms with van der Waals surface area (Å²) < 4.78 is 0. The smallest absolute Gasteiger partial charge is 0.337 e.